The fraction of sp³-hybridized carbons (Fsp3) is 0.600. The van der Waals surface area contributed by atoms with Crippen LogP contribution in [0.3, 0.4) is 0 Å². The van der Waals surface area contributed by atoms with Crippen molar-refractivity contribution in [1.29, 1.82) is 0 Å². The van der Waals surface area contributed by atoms with Gasteiger partial charge in [0.15, 0.2) is 0 Å². The number of carbonyl (C=O) groups excluding carboxylic acids is 2. The molecule has 1 aromatic carbocycles. The molecular weight excluding hydrogens is 366 g/mol. The smallest absolute Gasteiger partial charge is 0.253 e. The number of carbonyl (C=O) groups is 2. The third-order valence-electron chi connectivity index (χ3n) is 5.31. The molecule has 3 rings (SSSR count). The van der Waals surface area contributed by atoms with Gasteiger partial charge in [0, 0.05) is 24.4 Å². The molecule has 2 aliphatic rings. The Morgan fingerprint density at radius 3 is 2.44 bits per heavy atom. The van der Waals surface area contributed by atoms with Gasteiger partial charge in [-0.25, -0.2) is 0 Å². The van der Waals surface area contributed by atoms with Crippen LogP contribution >= 0.6 is 12.4 Å². The number of benzene rings is 1. The first-order chi connectivity index (χ1) is 12.6. The quantitative estimate of drug-likeness (QED) is 0.691. The molecule has 7 heteroatoms. The Morgan fingerprint density at radius 2 is 1.85 bits per heavy atom. The van der Waals surface area contributed by atoms with E-state index in [0.29, 0.717) is 30.6 Å². The first-order valence-corrected chi connectivity index (χ1v) is 9.65. The van der Waals surface area contributed by atoms with E-state index < -0.39 is 0 Å². The molecule has 0 bridgehead atoms. The summed E-state index contributed by atoms with van der Waals surface area (Å²) in [5, 5.41) is 9.21. The SMILES string of the molecule is CC(CC(=O)Nc1ccc(NC(=O)C2CCCO2)cc1)C1CCCNC1.Cl. The van der Waals surface area contributed by atoms with E-state index in [1.165, 1.54) is 12.8 Å². The van der Waals surface area contributed by atoms with Crippen molar-refractivity contribution in [2.45, 2.75) is 45.1 Å². The van der Waals surface area contributed by atoms with Crippen molar-refractivity contribution in [2.75, 3.05) is 30.3 Å². The maximum atomic E-state index is 12.3. The molecular formula is C20H30ClN3O3. The molecule has 1 aromatic rings. The Morgan fingerprint density at radius 1 is 1.15 bits per heavy atom. The zero-order valence-electron chi connectivity index (χ0n) is 15.8. The van der Waals surface area contributed by atoms with Gasteiger partial charge in [0.2, 0.25) is 5.91 Å². The average Bonchev–Trinajstić information content (AvgIpc) is 3.19. The maximum Gasteiger partial charge on any atom is 0.253 e. The summed E-state index contributed by atoms with van der Waals surface area (Å²) in [7, 11) is 0. The molecule has 2 saturated heterocycles. The van der Waals surface area contributed by atoms with E-state index in [9.17, 15) is 9.59 Å². The summed E-state index contributed by atoms with van der Waals surface area (Å²) >= 11 is 0. The first kappa shape index (κ1) is 21.7. The van der Waals surface area contributed by atoms with Crippen LogP contribution in [0.2, 0.25) is 0 Å². The van der Waals surface area contributed by atoms with E-state index in [2.05, 4.69) is 22.9 Å². The zero-order valence-corrected chi connectivity index (χ0v) is 16.6. The second-order valence-corrected chi connectivity index (χ2v) is 7.40. The third-order valence-corrected chi connectivity index (χ3v) is 5.31. The van der Waals surface area contributed by atoms with Gasteiger partial charge < -0.3 is 20.7 Å². The van der Waals surface area contributed by atoms with Crippen LogP contribution in [0, 0.1) is 11.8 Å². The number of hydrogen-bond acceptors (Lipinski definition) is 4. The molecule has 0 saturated carbocycles. The number of rotatable bonds is 6. The van der Waals surface area contributed by atoms with E-state index >= 15 is 0 Å². The van der Waals surface area contributed by atoms with Crippen LogP contribution < -0.4 is 16.0 Å². The van der Waals surface area contributed by atoms with E-state index in [4.69, 9.17) is 4.74 Å². The summed E-state index contributed by atoms with van der Waals surface area (Å²) < 4.78 is 5.38. The largest absolute Gasteiger partial charge is 0.368 e. The standard InChI is InChI=1S/C20H29N3O3.ClH/c1-14(15-4-2-10-21-13-15)12-19(24)22-16-6-8-17(9-7-16)23-20(25)18-5-3-11-26-18;/h6-9,14-15,18,21H,2-5,10-13H2,1H3,(H,22,24)(H,23,25);1H. The van der Waals surface area contributed by atoms with Crippen LogP contribution in [-0.4, -0.2) is 37.6 Å². The summed E-state index contributed by atoms with van der Waals surface area (Å²) in [5.41, 5.74) is 1.46. The Balaban J connectivity index is 0.00000261. The number of piperidine rings is 1. The Labute approximate surface area is 167 Å². The summed E-state index contributed by atoms with van der Waals surface area (Å²) in [5.74, 6) is 0.881. The monoisotopic (exact) mass is 395 g/mol. The molecule has 3 atom stereocenters. The summed E-state index contributed by atoms with van der Waals surface area (Å²) in [4.78, 5) is 24.3. The lowest BCUT2D eigenvalue weighted by molar-refractivity contribution is -0.124. The lowest BCUT2D eigenvalue weighted by Crippen LogP contribution is -2.34. The number of halogens is 1. The number of ether oxygens (including phenoxy) is 1. The lowest BCUT2D eigenvalue weighted by atomic mass is 9.85. The minimum atomic E-state index is -0.342. The predicted octanol–water partition coefficient (Wildman–Crippen LogP) is 3.19. The second kappa shape index (κ2) is 10.6. The Bertz CT molecular complexity index is 611. The lowest BCUT2D eigenvalue weighted by Gasteiger charge is -2.28. The van der Waals surface area contributed by atoms with Crippen molar-refractivity contribution in [3.8, 4) is 0 Å². The minimum Gasteiger partial charge on any atom is -0.368 e. The third kappa shape index (κ3) is 6.48. The van der Waals surface area contributed by atoms with Gasteiger partial charge in [0.1, 0.15) is 6.10 Å². The molecule has 2 fully saturated rings. The molecule has 0 aliphatic carbocycles. The predicted molar refractivity (Wildman–Crippen MR) is 109 cm³/mol. The summed E-state index contributed by atoms with van der Waals surface area (Å²) in [6.45, 7) is 4.90. The Kier molecular flexibility index (Phi) is 8.54. The van der Waals surface area contributed by atoms with Gasteiger partial charge in [-0.15, -0.1) is 12.4 Å². The van der Waals surface area contributed by atoms with Crippen molar-refractivity contribution in [2.24, 2.45) is 11.8 Å². The molecule has 2 aliphatic heterocycles. The highest BCUT2D eigenvalue weighted by molar-refractivity contribution is 5.95. The maximum absolute atomic E-state index is 12.3. The van der Waals surface area contributed by atoms with Gasteiger partial charge >= 0.3 is 0 Å². The molecule has 0 spiro atoms. The molecule has 0 aromatic heterocycles. The van der Waals surface area contributed by atoms with Gasteiger partial charge in [0.25, 0.3) is 5.91 Å². The number of anilines is 2. The molecule has 0 radical (unpaired) electrons. The van der Waals surface area contributed by atoms with Crippen LogP contribution in [0.4, 0.5) is 11.4 Å². The van der Waals surface area contributed by atoms with Crippen LogP contribution in [0.1, 0.15) is 39.0 Å². The normalized spacial score (nSPS) is 23.1. The zero-order chi connectivity index (χ0) is 18.4. The summed E-state index contributed by atoms with van der Waals surface area (Å²) in [6.07, 6.45) is 4.28. The van der Waals surface area contributed by atoms with E-state index in [-0.39, 0.29) is 30.3 Å². The van der Waals surface area contributed by atoms with Crippen molar-refractivity contribution in [3.63, 3.8) is 0 Å². The highest BCUT2D eigenvalue weighted by atomic mass is 35.5. The van der Waals surface area contributed by atoms with Crippen molar-refractivity contribution in [1.82, 2.24) is 5.32 Å². The molecule has 3 N–H and O–H groups in total. The van der Waals surface area contributed by atoms with Crippen molar-refractivity contribution >= 4 is 35.6 Å². The van der Waals surface area contributed by atoms with Crippen LogP contribution in [0.5, 0.6) is 0 Å². The summed E-state index contributed by atoms with van der Waals surface area (Å²) in [6, 6.07) is 7.24. The molecule has 6 nitrogen and oxygen atoms in total. The molecule has 27 heavy (non-hydrogen) atoms. The molecule has 2 heterocycles. The van der Waals surface area contributed by atoms with Crippen molar-refractivity contribution in [3.05, 3.63) is 24.3 Å². The van der Waals surface area contributed by atoms with E-state index in [1.54, 1.807) is 12.1 Å². The van der Waals surface area contributed by atoms with Crippen molar-refractivity contribution < 1.29 is 14.3 Å². The van der Waals surface area contributed by atoms with Gasteiger partial charge in [0.05, 0.1) is 0 Å². The molecule has 150 valence electrons. The number of amides is 2. The number of nitrogens with one attached hydrogen (secondary N) is 3. The highest BCUT2D eigenvalue weighted by Gasteiger charge is 2.24. The van der Waals surface area contributed by atoms with E-state index in [0.717, 1.165) is 31.6 Å². The van der Waals surface area contributed by atoms with Crippen LogP contribution in [0.15, 0.2) is 24.3 Å². The van der Waals surface area contributed by atoms with Gasteiger partial charge in [-0.2, -0.15) is 0 Å². The van der Waals surface area contributed by atoms with Crippen LogP contribution in [0.25, 0.3) is 0 Å². The van der Waals surface area contributed by atoms with Gasteiger partial charge in [-0.05, 0) is 74.9 Å². The van der Waals surface area contributed by atoms with Crippen LogP contribution in [-0.2, 0) is 14.3 Å². The fourth-order valence-corrected chi connectivity index (χ4v) is 3.68. The fourth-order valence-electron chi connectivity index (χ4n) is 3.68. The Hall–Kier alpha value is -1.63. The van der Waals surface area contributed by atoms with Gasteiger partial charge in [-0.1, -0.05) is 6.92 Å². The minimum absolute atomic E-state index is 0. The first-order valence-electron chi connectivity index (χ1n) is 9.65. The topological polar surface area (TPSA) is 79.5 Å². The van der Waals surface area contributed by atoms with E-state index in [1.807, 2.05) is 12.1 Å². The molecule has 2 amide bonds. The second-order valence-electron chi connectivity index (χ2n) is 7.40. The van der Waals surface area contributed by atoms with Gasteiger partial charge in [-0.3, -0.25) is 9.59 Å². The average molecular weight is 396 g/mol. The highest BCUT2D eigenvalue weighted by Crippen LogP contribution is 2.23. The number of hydrogen-bond donors (Lipinski definition) is 3. The molecule has 3 unspecified atom stereocenters.